The number of likely N-dealkylation sites (tertiary alicyclic amines) is 1. The second kappa shape index (κ2) is 7.11. The third-order valence-corrected chi connectivity index (χ3v) is 3.76. The zero-order valence-electron chi connectivity index (χ0n) is 12.6. The maximum Gasteiger partial charge on any atom is 0.251 e. The molecule has 0 saturated carbocycles. The van der Waals surface area contributed by atoms with Crippen LogP contribution in [0.1, 0.15) is 30.1 Å². The van der Waals surface area contributed by atoms with Crippen LogP contribution in [0.15, 0.2) is 24.3 Å². The van der Waals surface area contributed by atoms with Gasteiger partial charge in [0.25, 0.3) is 5.91 Å². The second-order valence-corrected chi connectivity index (χ2v) is 5.50. The van der Waals surface area contributed by atoms with E-state index in [0.717, 1.165) is 19.5 Å². The fourth-order valence-electron chi connectivity index (χ4n) is 2.53. The van der Waals surface area contributed by atoms with E-state index < -0.39 is 0 Å². The predicted molar refractivity (Wildman–Crippen MR) is 80.3 cm³/mol. The summed E-state index contributed by atoms with van der Waals surface area (Å²) in [6.07, 6.45) is 2.21. The van der Waals surface area contributed by atoms with Gasteiger partial charge in [0.2, 0.25) is 5.91 Å². The van der Waals surface area contributed by atoms with Crippen LogP contribution in [0.25, 0.3) is 0 Å². The molecule has 114 valence electrons. The molecule has 5 nitrogen and oxygen atoms in total. The van der Waals surface area contributed by atoms with Crippen LogP contribution in [0.5, 0.6) is 5.75 Å². The number of nitrogens with one attached hydrogen (secondary N) is 1. The van der Waals surface area contributed by atoms with Crippen LogP contribution in [0, 0.1) is 5.92 Å². The lowest BCUT2D eigenvalue weighted by molar-refractivity contribution is -0.131. The summed E-state index contributed by atoms with van der Waals surface area (Å²) in [4.78, 5) is 25.9. The molecule has 2 amide bonds. The van der Waals surface area contributed by atoms with Crippen LogP contribution in [-0.2, 0) is 4.79 Å². The molecule has 1 saturated heterocycles. The smallest absolute Gasteiger partial charge is 0.251 e. The molecule has 1 N–H and O–H groups in total. The fourth-order valence-corrected chi connectivity index (χ4v) is 2.53. The van der Waals surface area contributed by atoms with Crippen molar-refractivity contribution in [3.8, 4) is 5.75 Å². The molecule has 2 rings (SSSR count). The predicted octanol–water partition coefficient (Wildman–Crippen LogP) is 1.68. The number of carbonyl (C=O) groups excluding carboxylic acids is 2. The van der Waals surface area contributed by atoms with Crippen molar-refractivity contribution in [3.05, 3.63) is 29.8 Å². The first kappa shape index (κ1) is 15.4. The van der Waals surface area contributed by atoms with Gasteiger partial charge >= 0.3 is 0 Å². The normalized spacial score (nSPS) is 18.2. The fraction of sp³-hybridized carbons (Fsp3) is 0.500. The summed E-state index contributed by atoms with van der Waals surface area (Å²) < 4.78 is 5.04. The lowest BCUT2D eigenvalue weighted by Crippen LogP contribution is -2.44. The molecule has 0 unspecified atom stereocenters. The van der Waals surface area contributed by atoms with Crippen LogP contribution in [0.4, 0.5) is 0 Å². The van der Waals surface area contributed by atoms with Crippen molar-refractivity contribution in [2.45, 2.75) is 19.8 Å². The number of hydrogen-bond donors (Lipinski definition) is 1. The topological polar surface area (TPSA) is 58.6 Å². The summed E-state index contributed by atoms with van der Waals surface area (Å²) in [6.45, 7) is 3.78. The molecule has 0 spiro atoms. The Hall–Kier alpha value is -2.04. The van der Waals surface area contributed by atoms with Crippen molar-refractivity contribution in [1.29, 1.82) is 0 Å². The second-order valence-electron chi connectivity index (χ2n) is 5.50. The van der Waals surface area contributed by atoms with E-state index in [0.29, 0.717) is 17.2 Å². The van der Waals surface area contributed by atoms with Crippen LogP contribution < -0.4 is 10.1 Å². The summed E-state index contributed by atoms with van der Waals surface area (Å²) in [5, 5.41) is 2.68. The van der Waals surface area contributed by atoms with Gasteiger partial charge < -0.3 is 15.0 Å². The van der Waals surface area contributed by atoms with E-state index >= 15 is 0 Å². The number of rotatable bonds is 4. The molecule has 0 bridgehead atoms. The highest BCUT2D eigenvalue weighted by Crippen LogP contribution is 2.15. The molecule has 0 aromatic heterocycles. The van der Waals surface area contributed by atoms with E-state index in [4.69, 9.17) is 4.74 Å². The molecular weight excluding hydrogens is 268 g/mol. The van der Waals surface area contributed by atoms with Gasteiger partial charge in [-0.2, -0.15) is 0 Å². The quantitative estimate of drug-likeness (QED) is 0.918. The Balaban J connectivity index is 1.83. The van der Waals surface area contributed by atoms with Crippen molar-refractivity contribution >= 4 is 11.8 Å². The van der Waals surface area contributed by atoms with E-state index in [1.807, 2.05) is 4.90 Å². The first-order valence-electron chi connectivity index (χ1n) is 7.30. The molecule has 0 aliphatic carbocycles. The largest absolute Gasteiger partial charge is 0.497 e. The Bertz CT molecular complexity index is 499. The van der Waals surface area contributed by atoms with Gasteiger partial charge in [-0.15, -0.1) is 0 Å². The van der Waals surface area contributed by atoms with Crippen molar-refractivity contribution in [2.24, 2.45) is 5.92 Å². The summed E-state index contributed by atoms with van der Waals surface area (Å²) in [7, 11) is 1.58. The number of nitrogens with zero attached hydrogens (tertiary/aromatic N) is 1. The van der Waals surface area contributed by atoms with Crippen molar-refractivity contribution in [1.82, 2.24) is 10.2 Å². The third kappa shape index (κ3) is 4.21. The highest BCUT2D eigenvalue weighted by molar-refractivity contribution is 5.96. The highest BCUT2D eigenvalue weighted by atomic mass is 16.5. The molecule has 1 aromatic rings. The standard InChI is InChI=1S/C16H22N2O3/c1-12-4-3-9-18(11-12)15(19)10-17-16(20)13-5-7-14(21-2)8-6-13/h5-8,12H,3-4,9-11H2,1-2H3,(H,17,20)/t12-/m0/s1. The van der Waals surface area contributed by atoms with E-state index in [1.165, 1.54) is 6.42 Å². The molecule has 1 aliphatic rings. The van der Waals surface area contributed by atoms with Crippen molar-refractivity contribution in [3.63, 3.8) is 0 Å². The van der Waals surface area contributed by atoms with Crippen LogP contribution in [0.3, 0.4) is 0 Å². The lowest BCUT2D eigenvalue weighted by Gasteiger charge is -2.31. The van der Waals surface area contributed by atoms with Gasteiger partial charge in [-0.1, -0.05) is 6.92 Å². The first-order valence-corrected chi connectivity index (χ1v) is 7.30. The van der Waals surface area contributed by atoms with Crippen LogP contribution in [0.2, 0.25) is 0 Å². The minimum Gasteiger partial charge on any atom is -0.497 e. The number of amides is 2. The minimum atomic E-state index is -0.240. The average Bonchev–Trinajstić information content (AvgIpc) is 2.52. The summed E-state index contributed by atoms with van der Waals surface area (Å²) in [5.41, 5.74) is 0.524. The Labute approximate surface area is 125 Å². The molecule has 0 radical (unpaired) electrons. The van der Waals surface area contributed by atoms with E-state index in [1.54, 1.807) is 31.4 Å². The van der Waals surface area contributed by atoms with Gasteiger partial charge in [0, 0.05) is 18.7 Å². The SMILES string of the molecule is COc1ccc(C(=O)NCC(=O)N2CCC[C@H](C)C2)cc1. The highest BCUT2D eigenvalue weighted by Gasteiger charge is 2.21. The average molecular weight is 290 g/mol. The van der Waals surface area contributed by atoms with Gasteiger partial charge in [-0.05, 0) is 43.0 Å². The molecule has 5 heteroatoms. The summed E-state index contributed by atoms with van der Waals surface area (Å²) in [6, 6.07) is 6.81. The van der Waals surface area contributed by atoms with Crippen LogP contribution >= 0.6 is 0 Å². The van der Waals surface area contributed by atoms with Crippen LogP contribution in [-0.4, -0.2) is 43.5 Å². The maximum atomic E-state index is 12.1. The van der Waals surface area contributed by atoms with E-state index in [9.17, 15) is 9.59 Å². The van der Waals surface area contributed by atoms with Crippen molar-refractivity contribution in [2.75, 3.05) is 26.7 Å². The molecule has 1 fully saturated rings. The number of benzene rings is 1. The number of hydrogen-bond acceptors (Lipinski definition) is 3. The van der Waals surface area contributed by atoms with Gasteiger partial charge in [0.05, 0.1) is 13.7 Å². The van der Waals surface area contributed by atoms with E-state index in [2.05, 4.69) is 12.2 Å². The molecule has 1 atom stereocenters. The lowest BCUT2D eigenvalue weighted by atomic mass is 10.0. The Morgan fingerprint density at radius 3 is 2.67 bits per heavy atom. The number of methoxy groups -OCH3 is 1. The van der Waals surface area contributed by atoms with Gasteiger partial charge in [0.15, 0.2) is 0 Å². The molecule has 1 aromatic carbocycles. The molecule has 21 heavy (non-hydrogen) atoms. The maximum absolute atomic E-state index is 12.1. The van der Waals surface area contributed by atoms with E-state index in [-0.39, 0.29) is 18.4 Å². The van der Waals surface area contributed by atoms with Crippen molar-refractivity contribution < 1.29 is 14.3 Å². The molecular formula is C16H22N2O3. The zero-order chi connectivity index (χ0) is 15.2. The minimum absolute atomic E-state index is 0.0107. The first-order chi connectivity index (χ1) is 10.1. The number of piperidine rings is 1. The summed E-state index contributed by atoms with van der Waals surface area (Å²) >= 11 is 0. The van der Waals surface area contributed by atoms with Gasteiger partial charge in [-0.3, -0.25) is 9.59 Å². The molecule has 1 aliphatic heterocycles. The van der Waals surface area contributed by atoms with Gasteiger partial charge in [-0.25, -0.2) is 0 Å². The van der Waals surface area contributed by atoms with Gasteiger partial charge in [0.1, 0.15) is 5.75 Å². The number of carbonyl (C=O) groups is 2. The Morgan fingerprint density at radius 2 is 2.05 bits per heavy atom. The third-order valence-electron chi connectivity index (χ3n) is 3.76. The monoisotopic (exact) mass is 290 g/mol. The number of ether oxygens (including phenoxy) is 1. The summed E-state index contributed by atoms with van der Waals surface area (Å²) in [5.74, 6) is 0.990. The zero-order valence-corrected chi connectivity index (χ0v) is 12.6. The Morgan fingerprint density at radius 1 is 1.33 bits per heavy atom. The Kier molecular flexibility index (Phi) is 5.20. The molecule has 1 heterocycles.